The Morgan fingerprint density at radius 2 is 1.93 bits per heavy atom. The molecule has 1 aromatic heterocycles. The molecule has 1 saturated heterocycles. The summed E-state index contributed by atoms with van der Waals surface area (Å²) in [4.78, 5) is 1.93. The van der Waals surface area contributed by atoms with E-state index in [-0.39, 0.29) is 17.4 Å². The van der Waals surface area contributed by atoms with E-state index in [4.69, 9.17) is 4.74 Å². The quantitative estimate of drug-likeness (QED) is 0.589. The maximum atomic E-state index is 12.4. The molecule has 1 aliphatic rings. The van der Waals surface area contributed by atoms with Crippen molar-refractivity contribution < 1.29 is 23.4 Å². The predicted molar refractivity (Wildman–Crippen MR) is 103 cm³/mol. The van der Waals surface area contributed by atoms with Gasteiger partial charge in [-0.15, -0.1) is 11.3 Å². The van der Waals surface area contributed by atoms with Crippen molar-refractivity contribution in [2.24, 2.45) is 0 Å². The van der Waals surface area contributed by atoms with Crippen LogP contribution in [0.25, 0.3) is 0 Å². The van der Waals surface area contributed by atoms with Crippen molar-refractivity contribution in [1.29, 1.82) is 0 Å². The number of aliphatic hydroxyl groups excluding tert-OH is 2. The van der Waals surface area contributed by atoms with E-state index in [9.17, 15) is 18.6 Å². The second kappa shape index (κ2) is 8.78. The van der Waals surface area contributed by atoms with Crippen LogP contribution in [0.4, 0.5) is 0 Å². The molecule has 9 heteroatoms. The summed E-state index contributed by atoms with van der Waals surface area (Å²) in [6.07, 6.45) is -2.25. The maximum Gasteiger partial charge on any atom is 0.250 e. The predicted octanol–water partition coefficient (Wildman–Crippen LogP) is 0.648. The van der Waals surface area contributed by atoms with Crippen LogP contribution in [-0.4, -0.2) is 68.1 Å². The van der Waals surface area contributed by atoms with E-state index in [0.29, 0.717) is 6.54 Å². The van der Waals surface area contributed by atoms with Gasteiger partial charge in [0.05, 0.1) is 18.8 Å². The minimum Gasteiger partial charge on any atom is -0.394 e. The Labute approximate surface area is 163 Å². The summed E-state index contributed by atoms with van der Waals surface area (Å²) in [5.74, 6) is 0. The molecule has 0 radical (unpaired) electrons. The summed E-state index contributed by atoms with van der Waals surface area (Å²) in [6, 6.07) is 12.5. The molecule has 0 unspecified atom stereocenters. The van der Waals surface area contributed by atoms with Crippen LogP contribution in [-0.2, 0) is 21.3 Å². The lowest BCUT2D eigenvalue weighted by atomic mass is 10.0. The van der Waals surface area contributed by atoms with E-state index in [1.54, 1.807) is 11.4 Å². The first kappa shape index (κ1) is 20.4. The Kier molecular flexibility index (Phi) is 6.64. The highest BCUT2D eigenvalue weighted by atomic mass is 32.2. The van der Waals surface area contributed by atoms with Crippen molar-refractivity contribution in [2.75, 3.05) is 20.2 Å². The van der Waals surface area contributed by atoms with E-state index in [0.717, 1.165) is 16.9 Å². The zero-order valence-electron chi connectivity index (χ0n) is 14.9. The first-order valence-electron chi connectivity index (χ1n) is 8.64. The molecule has 1 aromatic carbocycles. The number of hydrogen-bond acceptors (Lipinski definition) is 7. The van der Waals surface area contributed by atoms with E-state index in [2.05, 4.69) is 4.72 Å². The lowest BCUT2D eigenvalue weighted by Gasteiger charge is -2.30. The Balaban J connectivity index is 1.71. The van der Waals surface area contributed by atoms with Gasteiger partial charge in [0.1, 0.15) is 16.4 Å². The van der Waals surface area contributed by atoms with Gasteiger partial charge in [0, 0.05) is 13.1 Å². The van der Waals surface area contributed by atoms with Crippen molar-refractivity contribution in [3.8, 4) is 0 Å². The largest absolute Gasteiger partial charge is 0.394 e. The molecule has 1 aliphatic heterocycles. The first-order valence-corrected chi connectivity index (χ1v) is 11.0. The average molecular weight is 413 g/mol. The molecule has 4 atom stereocenters. The van der Waals surface area contributed by atoms with Gasteiger partial charge in [-0.1, -0.05) is 36.4 Å². The lowest BCUT2D eigenvalue weighted by Crippen LogP contribution is -2.49. The number of thiophene rings is 1. The molecule has 1 fully saturated rings. The number of aliphatic hydroxyl groups is 2. The second-order valence-electron chi connectivity index (χ2n) is 6.56. The fourth-order valence-corrected chi connectivity index (χ4v) is 5.43. The number of benzene rings is 1. The van der Waals surface area contributed by atoms with Gasteiger partial charge in [0.25, 0.3) is 0 Å². The third-order valence-electron chi connectivity index (χ3n) is 4.66. The highest BCUT2D eigenvalue weighted by Crippen LogP contribution is 2.26. The topological polar surface area (TPSA) is 99.1 Å². The summed E-state index contributed by atoms with van der Waals surface area (Å²) >= 11 is 1.14. The van der Waals surface area contributed by atoms with Crippen LogP contribution in [0.15, 0.2) is 52.1 Å². The molecule has 7 nitrogen and oxygen atoms in total. The fraction of sp³-hybridized carbons (Fsp3) is 0.444. The van der Waals surface area contributed by atoms with Crippen molar-refractivity contribution >= 4 is 21.4 Å². The number of sulfonamides is 1. The Morgan fingerprint density at radius 1 is 1.19 bits per heavy atom. The molecule has 148 valence electrons. The summed E-state index contributed by atoms with van der Waals surface area (Å²) in [5.41, 5.74) is 1.07. The number of nitrogens with zero attached hydrogens (tertiary/aromatic N) is 1. The van der Waals surface area contributed by atoms with Crippen molar-refractivity contribution in [3.63, 3.8) is 0 Å². The zero-order chi connectivity index (χ0) is 19.4. The average Bonchev–Trinajstić information content (AvgIpc) is 3.29. The Hall–Kier alpha value is -1.33. The van der Waals surface area contributed by atoms with Crippen molar-refractivity contribution in [2.45, 2.75) is 35.1 Å². The van der Waals surface area contributed by atoms with Gasteiger partial charge < -0.3 is 14.9 Å². The summed E-state index contributed by atoms with van der Waals surface area (Å²) < 4.78 is 33.3. The van der Waals surface area contributed by atoms with Gasteiger partial charge in [-0.05, 0) is 24.1 Å². The number of rotatable bonds is 8. The third-order valence-corrected chi connectivity index (χ3v) is 7.48. The standard InChI is InChI=1S/C18H24N2O5S2/c1-20(11-13-6-3-2-4-7-13)17-14(25-15(12-21)18(17)22)10-19-27(23,24)16-8-5-9-26-16/h2-9,14-15,17-19,21-22H,10-12H2,1H3/t14-,15+,17+,18-/m1/s1. The van der Waals surface area contributed by atoms with Crippen LogP contribution in [0.3, 0.4) is 0 Å². The van der Waals surface area contributed by atoms with Gasteiger partial charge in [0.2, 0.25) is 10.0 Å². The van der Waals surface area contributed by atoms with Crippen LogP contribution in [0, 0.1) is 0 Å². The molecule has 0 aliphatic carbocycles. The highest BCUT2D eigenvalue weighted by Gasteiger charge is 2.45. The normalized spacial score (nSPS) is 25.9. The number of nitrogens with one attached hydrogen (secondary N) is 1. The third kappa shape index (κ3) is 4.75. The Bertz CT molecular complexity index is 814. The fourth-order valence-electron chi connectivity index (χ4n) is 3.35. The first-order chi connectivity index (χ1) is 12.9. The van der Waals surface area contributed by atoms with Gasteiger partial charge in [-0.25, -0.2) is 13.1 Å². The Morgan fingerprint density at radius 3 is 2.56 bits per heavy atom. The summed E-state index contributed by atoms with van der Waals surface area (Å²) in [5, 5.41) is 21.8. The molecule has 3 N–H and O–H groups in total. The molecule has 0 saturated carbocycles. The SMILES string of the molecule is CN(Cc1ccccc1)[C@@H]1[C@H](O)[C@H](CO)O[C@@H]1CNS(=O)(=O)c1cccs1. The number of hydrogen-bond donors (Lipinski definition) is 3. The molecule has 0 amide bonds. The lowest BCUT2D eigenvalue weighted by molar-refractivity contribution is -0.0201. The van der Waals surface area contributed by atoms with Crippen molar-refractivity contribution in [1.82, 2.24) is 9.62 Å². The molecular formula is C18H24N2O5S2. The monoisotopic (exact) mass is 412 g/mol. The number of likely N-dealkylation sites (N-methyl/N-ethyl adjacent to an activating group) is 1. The van der Waals surface area contributed by atoms with Crippen LogP contribution in [0.2, 0.25) is 0 Å². The molecule has 3 rings (SSSR count). The van der Waals surface area contributed by atoms with E-state index < -0.39 is 34.4 Å². The minimum absolute atomic E-state index is 0.0115. The van der Waals surface area contributed by atoms with E-state index in [1.165, 1.54) is 6.07 Å². The van der Waals surface area contributed by atoms with Gasteiger partial charge >= 0.3 is 0 Å². The second-order valence-corrected chi connectivity index (χ2v) is 9.50. The molecule has 2 heterocycles. The van der Waals surface area contributed by atoms with Crippen LogP contribution in [0.1, 0.15) is 5.56 Å². The van der Waals surface area contributed by atoms with Crippen LogP contribution < -0.4 is 4.72 Å². The van der Waals surface area contributed by atoms with E-state index in [1.807, 2.05) is 42.3 Å². The molecule has 27 heavy (non-hydrogen) atoms. The zero-order valence-corrected chi connectivity index (χ0v) is 16.6. The van der Waals surface area contributed by atoms with Crippen LogP contribution in [0.5, 0.6) is 0 Å². The molecular weight excluding hydrogens is 388 g/mol. The van der Waals surface area contributed by atoms with Crippen molar-refractivity contribution in [3.05, 3.63) is 53.4 Å². The maximum absolute atomic E-state index is 12.4. The van der Waals surface area contributed by atoms with Gasteiger partial charge in [-0.3, -0.25) is 4.90 Å². The summed E-state index contributed by atoms with van der Waals surface area (Å²) in [7, 11) is -1.78. The molecule has 2 aromatic rings. The number of ether oxygens (including phenoxy) is 1. The molecule has 0 bridgehead atoms. The smallest absolute Gasteiger partial charge is 0.250 e. The van der Waals surface area contributed by atoms with Gasteiger partial charge in [-0.2, -0.15) is 0 Å². The highest BCUT2D eigenvalue weighted by molar-refractivity contribution is 7.91. The van der Waals surface area contributed by atoms with E-state index >= 15 is 0 Å². The minimum atomic E-state index is -3.63. The molecule has 0 spiro atoms. The summed E-state index contributed by atoms with van der Waals surface area (Å²) in [6.45, 7) is 0.251. The van der Waals surface area contributed by atoms with Crippen LogP contribution >= 0.6 is 11.3 Å². The van der Waals surface area contributed by atoms with Gasteiger partial charge in [0.15, 0.2) is 0 Å².